The first-order chi connectivity index (χ1) is 4.87. The Balaban J connectivity index is 2.15. The Kier molecular flexibility index (Phi) is 1.44. The molecule has 0 radical (unpaired) electrons. The number of hydrogen-bond acceptors (Lipinski definition) is 3. The van der Waals surface area contributed by atoms with E-state index < -0.39 is 0 Å². The molecule has 0 saturated carbocycles. The van der Waals surface area contributed by atoms with Crippen LogP contribution in [0, 0.1) is 5.41 Å². The Hall–Kier alpha value is -0.120. The van der Waals surface area contributed by atoms with Crippen LogP contribution in [0.25, 0.3) is 0 Å². The summed E-state index contributed by atoms with van der Waals surface area (Å²) in [5.41, 5.74) is 5.98. The third-order valence-corrected chi connectivity index (χ3v) is 2.82. The van der Waals surface area contributed by atoms with Gasteiger partial charge in [-0.05, 0) is 6.42 Å². The minimum Gasteiger partial charge on any atom is -0.376 e. The summed E-state index contributed by atoms with van der Waals surface area (Å²) in [4.78, 5) is 0. The molecule has 0 aromatic heterocycles. The van der Waals surface area contributed by atoms with Gasteiger partial charge in [-0.2, -0.15) is 0 Å². The van der Waals surface area contributed by atoms with Crippen LogP contribution in [0.15, 0.2) is 0 Å². The second-order valence-corrected chi connectivity index (χ2v) is 3.31. The molecule has 3 nitrogen and oxygen atoms in total. The highest BCUT2D eigenvalue weighted by Crippen LogP contribution is 2.36. The fourth-order valence-electron chi connectivity index (χ4n) is 1.98. The monoisotopic (exact) mass is 142 g/mol. The highest BCUT2D eigenvalue weighted by molar-refractivity contribution is 5.00. The lowest BCUT2D eigenvalue weighted by atomic mass is 9.84. The summed E-state index contributed by atoms with van der Waals surface area (Å²) in [6.07, 6.45) is 1.54. The largest absolute Gasteiger partial charge is 0.376 e. The van der Waals surface area contributed by atoms with E-state index >= 15 is 0 Å². The molecule has 2 atom stereocenters. The molecule has 2 aliphatic rings. The van der Waals surface area contributed by atoms with Crippen molar-refractivity contribution in [2.24, 2.45) is 11.1 Å². The molecule has 10 heavy (non-hydrogen) atoms. The van der Waals surface area contributed by atoms with Gasteiger partial charge in [-0.3, -0.25) is 0 Å². The summed E-state index contributed by atoms with van der Waals surface area (Å²) in [6.45, 7) is 3.72. The van der Waals surface area contributed by atoms with Crippen LogP contribution in [-0.2, 0) is 4.74 Å². The quantitative estimate of drug-likeness (QED) is 0.510. The summed E-state index contributed by atoms with van der Waals surface area (Å²) in [6, 6.07) is 0. The Morgan fingerprint density at radius 2 is 2.60 bits per heavy atom. The van der Waals surface area contributed by atoms with E-state index in [0.717, 1.165) is 32.7 Å². The van der Waals surface area contributed by atoms with E-state index in [0.29, 0.717) is 11.5 Å². The van der Waals surface area contributed by atoms with Gasteiger partial charge in [0.05, 0.1) is 6.10 Å². The molecule has 2 heterocycles. The van der Waals surface area contributed by atoms with Crippen molar-refractivity contribution in [3.05, 3.63) is 0 Å². The highest BCUT2D eigenvalue weighted by atomic mass is 16.5. The number of rotatable bonds is 1. The summed E-state index contributed by atoms with van der Waals surface area (Å²) in [5, 5.41) is 3.31. The lowest BCUT2D eigenvalue weighted by Gasteiger charge is -2.23. The molecule has 0 aromatic rings. The zero-order valence-electron chi connectivity index (χ0n) is 6.10. The van der Waals surface area contributed by atoms with Gasteiger partial charge in [0, 0.05) is 31.7 Å². The molecule has 2 rings (SSSR count). The van der Waals surface area contributed by atoms with E-state index in [1.54, 1.807) is 0 Å². The van der Waals surface area contributed by atoms with Crippen molar-refractivity contribution < 1.29 is 4.74 Å². The zero-order valence-corrected chi connectivity index (χ0v) is 6.10. The highest BCUT2D eigenvalue weighted by Gasteiger charge is 2.46. The van der Waals surface area contributed by atoms with Gasteiger partial charge < -0.3 is 15.8 Å². The molecule has 0 spiro atoms. The molecule has 0 bridgehead atoms. The maximum atomic E-state index is 5.69. The molecule has 2 aliphatic heterocycles. The Morgan fingerprint density at radius 1 is 1.70 bits per heavy atom. The second-order valence-electron chi connectivity index (χ2n) is 3.31. The van der Waals surface area contributed by atoms with Crippen LogP contribution in [0.4, 0.5) is 0 Å². The van der Waals surface area contributed by atoms with Gasteiger partial charge in [0.15, 0.2) is 0 Å². The van der Waals surface area contributed by atoms with Gasteiger partial charge in [0.2, 0.25) is 0 Å². The molecule has 3 heteroatoms. The number of nitrogens with two attached hydrogens (primary N) is 1. The maximum Gasteiger partial charge on any atom is 0.0780 e. The summed E-state index contributed by atoms with van der Waals surface area (Å²) >= 11 is 0. The SMILES string of the molecule is NCC12CCOC1CNC2. The molecule has 2 unspecified atom stereocenters. The molecule has 0 aliphatic carbocycles. The third-order valence-electron chi connectivity index (χ3n) is 2.82. The van der Waals surface area contributed by atoms with Gasteiger partial charge in [0.25, 0.3) is 0 Å². The average Bonchev–Trinajstić information content (AvgIpc) is 2.42. The first-order valence-corrected chi connectivity index (χ1v) is 3.90. The van der Waals surface area contributed by atoms with Crippen molar-refractivity contribution in [1.82, 2.24) is 5.32 Å². The Labute approximate surface area is 60.9 Å². The van der Waals surface area contributed by atoms with Gasteiger partial charge in [-0.1, -0.05) is 0 Å². The Bertz CT molecular complexity index is 128. The minimum absolute atomic E-state index is 0.292. The summed E-state index contributed by atoms with van der Waals surface area (Å²) in [5.74, 6) is 0. The Morgan fingerprint density at radius 3 is 3.30 bits per heavy atom. The van der Waals surface area contributed by atoms with E-state index in [1.165, 1.54) is 0 Å². The van der Waals surface area contributed by atoms with Crippen molar-refractivity contribution in [3.63, 3.8) is 0 Å². The van der Waals surface area contributed by atoms with Crippen LogP contribution in [0.1, 0.15) is 6.42 Å². The predicted molar refractivity (Wildman–Crippen MR) is 38.7 cm³/mol. The molecule has 2 saturated heterocycles. The van der Waals surface area contributed by atoms with Crippen LogP contribution in [0.5, 0.6) is 0 Å². The molecule has 0 aromatic carbocycles. The maximum absolute atomic E-state index is 5.69. The van der Waals surface area contributed by atoms with Crippen molar-refractivity contribution in [2.75, 3.05) is 26.2 Å². The van der Waals surface area contributed by atoms with E-state index in [1.807, 2.05) is 0 Å². The molecule has 3 N–H and O–H groups in total. The second kappa shape index (κ2) is 2.19. The predicted octanol–water partition coefficient (Wildman–Crippen LogP) is -0.676. The van der Waals surface area contributed by atoms with Gasteiger partial charge in [-0.25, -0.2) is 0 Å². The van der Waals surface area contributed by atoms with E-state index in [2.05, 4.69) is 5.32 Å². The number of fused-ring (bicyclic) bond motifs is 1. The van der Waals surface area contributed by atoms with Gasteiger partial charge in [0.1, 0.15) is 0 Å². The molecule has 2 fully saturated rings. The van der Waals surface area contributed by atoms with Gasteiger partial charge in [-0.15, -0.1) is 0 Å². The van der Waals surface area contributed by atoms with Gasteiger partial charge >= 0.3 is 0 Å². The number of hydrogen-bond donors (Lipinski definition) is 2. The number of nitrogens with one attached hydrogen (secondary N) is 1. The zero-order chi connectivity index (χ0) is 7.03. The first kappa shape index (κ1) is 6.58. The standard InChI is InChI=1S/C7H14N2O/c8-4-7-1-2-10-6(7)3-9-5-7/h6,9H,1-5,8H2. The first-order valence-electron chi connectivity index (χ1n) is 3.90. The molecular weight excluding hydrogens is 128 g/mol. The topological polar surface area (TPSA) is 47.3 Å². The normalized spacial score (nSPS) is 45.9. The van der Waals surface area contributed by atoms with Crippen LogP contribution in [-0.4, -0.2) is 32.3 Å². The lowest BCUT2D eigenvalue weighted by molar-refractivity contribution is 0.0857. The molecule has 58 valence electrons. The fraction of sp³-hybridized carbons (Fsp3) is 1.00. The summed E-state index contributed by atoms with van der Waals surface area (Å²) in [7, 11) is 0. The van der Waals surface area contributed by atoms with Crippen LogP contribution in [0.3, 0.4) is 0 Å². The minimum atomic E-state index is 0.292. The van der Waals surface area contributed by atoms with Crippen molar-refractivity contribution >= 4 is 0 Å². The van der Waals surface area contributed by atoms with E-state index in [9.17, 15) is 0 Å². The third kappa shape index (κ3) is 0.713. The lowest BCUT2D eigenvalue weighted by Crippen LogP contribution is -2.37. The molecule has 0 amide bonds. The van der Waals surface area contributed by atoms with Crippen LogP contribution in [0.2, 0.25) is 0 Å². The number of ether oxygens (including phenoxy) is 1. The molecular formula is C7H14N2O. The van der Waals surface area contributed by atoms with Crippen molar-refractivity contribution in [3.8, 4) is 0 Å². The van der Waals surface area contributed by atoms with E-state index in [4.69, 9.17) is 10.5 Å². The smallest absolute Gasteiger partial charge is 0.0780 e. The van der Waals surface area contributed by atoms with Crippen LogP contribution >= 0.6 is 0 Å². The fourth-order valence-corrected chi connectivity index (χ4v) is 1.98. The van der Waals surface area contributed by atoms with Crippen molar-refractivity contribution in [2.45, 2.75) is 12.5 Å². The van der Waals surface area contributed by atoms with E-state index in [-0.39, 0.29) is 0 Å². The van der Waals surface area contributed by atoms with Crippen LogP contribution < -0.4 is 11.1 Å². The van der Waals surface area contributed by atoms with Crippen molar-refractivity contribution in [1.29, 1.82) is 0 Å². The average molecular weight is 142 g/mol. The summed E-state index contributed by atoms with van der Waals surface area (Å²) < 4.78 is 5.53.